The van der Waals surface area contributed by atoms with Gasteiger partial charge >= 0.3 is 0 Å². The van der Waals surface area contributed by atoms with E-state index in [9.17, 15) is 0 Å². The molecule has 0 saturated heterocycles. The fourth-order valence-electron chi connectivity index (χ4n) is 3.01. The summed E-state index contributed by atoms with van der Waals surface area (Å²) >= 11 is 0. The molecule has 0 aliphatic heterocycles. The second-order valence-electron chi connectivity index (χ2n) is 5.33. The molecule has 0 saturated carbocycles. The first kappa shape index (κ1) is 12.8. The van der Waals surface area contributed by atoms with Crippen LogP contribution in [0.2, 0.25) is 0 Å². The molecule has 3 rings (SSSR count). The van der Waals surface area contributed by atoms with Crippen molar-refractivity contribution in [3.05, 3.63) is 53.6 Å². The Morgan fingerprint density at radius 1 is 1.00 bits per heavy atom. The standard InChI is InChI=1S/C18H20N2/c1-12-7-5-6-8-15(12)18-13(2)16-11-14(19-3)9-10-17(16)20(18)4/h5-11,19H,1-4H3. The minimum absolute atomic E-state index is 1.16. The number of benzene rings is 2. The largest absolute Gasteiger partial charge is 0.388 e. The molecule has 0 bridgehead atoms. The number of aromatic nitrogens is 1. The molecule has 2 nitrogen and oxygen atoms in total. The van der Waals surface area contributed by atoms with Crippen LogP contribution in [0, 0.1) is 13.8 Å². The average Bonchev–Trinajstić information content (AvgIpc) is 2.71. The summed E-state index contributed by atoms with van der Waals surface area (Å²) in [4.78, 5) is 0. The smallest absolute Gasteiger partial charge is 0.0521 e. The van der Waals surface area contributed by atoms with E-state index in [2.05, 4.69) is 73.2 Å². The average molecular weight is 264 g/mol. The normalized spacial score (nSPS) is 11.0. The van der Waals surface area contributed by atoms with Gasteiger partial charge in [0.1, 0.15) is 0 Å². The highest BCUT2D eigenvalue weighted by Gasteiger charge is 2.14. The van der Waals surface area contributed by atoms with E-state index in [0.717, 1.165) is 5.69 Å². The van der Waals surface area contributed by atoms with Crippen LogP contribution in [0.5, 0.6) is 0 Å². The summed E-state index contributed by atoms with van der Waals surface area (Å²) in [7, 11) is 4.11. The zero-order valence-corrected chi connectivity index (χ0v) is 12.5. The second kappa shape index (κ2) is 4.71. The third kappa shape index (κ3) is 1.80. The number of nitrogens with one attached hydrogen (secondary N) is 1. The molecular formula is C18H20N2. The number of nitrogens with zero attached hydrogens (tertiary/aromatic N) is 1. The first-order chi connectivity index (χ1) is 9.63. The maximum absolute atomic E-state index is 3.22. The van der Waals surface area contributed by atoms with Crippen LogP contribution in [-0.2, 0) is 7.05 Å². The van der Waals surface area contributed by atoms with Crippen LogP contribution in [0.4, 0.5) is 5.69 Å². The Morgan fingerprint density at radius 2 is 1.75 bits per heavy atom. The number of hydrogen-bond donors (Lipinski definition) is 1. The van der Waals surface area contributed by atoms with Gasteiger partial charge in [-0.2, -0.15) is 0 Å². The highest BCUT2D eigenvalue weighted by atomic mass is 15.0. The SMILES string of the molecule is CNc1ccc2c(c1)c(C)c(-c1ccccc1C)n2C. The molecule has 0 aliphatic rings. The lowest BCUT2D eigenvalue weighted by Crippen LogP contribution is -1.94. The van der Waals surface area contributed by atoms with Gasteiger partial charge in [0.2, 0.25) is 0 Å². The Labute approximate surface area is 120 Å². The van der Waals surface area contributed by atoms with Crippen molar-refractivity contribution < 1.29 is 0 Å². The summed E-state index contributed by atoms with van der Waals surface area (Å²) in [6, 6.07) is 15.1. The van der Waals surface area contributed by atoms with Crippen LogP contribution in [0.3, 0.4) is 0 Å². The summed E-state index contributed by atoms with van der Waals surface area (Å²) in [5.41, 5.74) is 7.72. The summed E-state index contributed by atoms with van der Waals surface area (Å²) < 4.78 is 2.30. The highest BCUT2D eigenvalue weighted by Crippen LogP contribution is 2.35. The quantitative estimate of drug-likeness (QED) is 0.721. The molecule has 3 aromatic rings. The number of aryl methyl sites for hydroxylation is 3. The van der Waals surface area contributed by atoms with Crippen LogP contribution in [-0.4, -0.2) is 11.6 Å². The molecule has 0 radical (unpaired) electrons. The monoisotopic (exact) mass is 264 g/mol. The van der Waals surface area contributed by atoms with E-state index < -0.39 is 0 Å². The van der Waals surface area contributed by atoms with E-state index >= 15 is 0 Å². The van der Waals surface area contributed by atoms with E-state index in [-0.39, 0.29) is 0 Å². The fraction of sp³-hybridized carbons (Fsp3) is 0.222. The van der Waals surface area contributed by atoms with E-state index in [0.29, 0.717) is 0 Å². The highest BCUT2D eigenvalue weighted by molar-refractivity contribution is 5.94. The Hall–Kier alpha value is -2.22. The molecular weight excluding hydrogens is 244 g/mol. The van der Waals surface area contributed by atoms with Gasteiger partial charge in [0.05, 0.1) is 5.69 Å². The van der Waals surface area contributed by atoms with Gasteiger partial charge in [-0.05, 0) is 43.2 Å². The molecule has 1 heterocycles. The summed E-state index contributed by atoms with van der Waals surface area (Å²) in [6.45, 7) is 4.38. The summed E-state index contributed by atoms with van der Waals surface area (Å²) in [5.74, 6) is 0. The first-order valence-corrected chi connectivity index (χ1v) is 6.96. The number of hydrogen-bond acceptors (Lipinski definition) is 1. The van der Waals surface area contributed by atoms with Gasteiger partial charge in [-0.25, -0.2) is 0 Å². The molecule has 1 N–H and O–H groups in total. The van der Waals surface area contributed by atoms with Crippen LogP contribution in [0.1, 0.15) is 11.1 Å². The third-order valence-electron chi connectivity index (χ3n) is 4.14. The zero-order valence-electron chi connectivity index (χ0n) is 12.5. The molecule has 20 heavy (non-hydrogen) atoms. The van der Waals surface area contributed by atoms with Gasteiger partial charge in [-0.3, -0.25) is 0 Å². The lowest BCUT2D eigenvalue weighted by molar-refractivity contribution is 0.972. The van der Waals surface area contributed by atoms with E-state index in [4.69, 9.17) is 0 Å². The summed E-state index contributed by atoms with van der Waals surface area (Å²) in [5, 5.41) is 4.53. The van der Waals surface area contributed by atoms with Crippen molar-refractivity contribution in [2.24, 2.45) is 7.05 Å². The van der Waals surface area contributed by atoms with Crippen LogP contribution < -0.4 is 5.32 Å². The summed E-state index contributed by atoms with van der Waals surface area (Å²) in [6.07, 6.45) is 0. The minimum atomic E-state index is 1.16. The van der Waals surface area contributed by atoms with Crippen molar-refractivity contribution in [1.29, 1.82) is 0 Å². The van der Waals surface area contributed by atoms with E-state index in [1.54, 1.807) is 0 Å². The Kier molecular flexibility index (Phi) is 3.01. The van der Waals surface area contributed by atoms with Gasteiger partial charge < -0.3 is 9.88 Å². The molecule has 2 aromatic carbocycles. The topological polar surface area (TPSA) is 17.0 Å². The van der Waals surface area contributed by atoms with Gasteiger partial charge in [0.25, 0.3) is 0 Å². The lowest BCUT2D eigenvalue weighted by atomic mass is 10.0. The lowest BCUT2D eigenvalue weighted by Gasteiger charge is -2.09. The van der Waals surface area contributed by atoms with Gasteiger partial charge in [0.15, 0.2) is 0 Å². The van der Waals surface area contributed by atoms with Crippen molar-refractivity contribution in [2.45, 2.75) is 13.8 Å². The van der Waals surface area contributed by atoms with Crippen LogP contribution in [0.15, 0.2) is 42.5 Å². The van der Waals surface area contributed by atoms with Crippen LogP contribution in [0.25, 0.3) is 22.2 Å². The predicted octanol–water partition coefficient (Wildman–Crippen LogP) is 4.50. The number of fused-ring (bicyclic) bond motifs is 1. The van der Waals surface area contributed by atoms with Crippen molar-refractivity contribution in [3.63, 3.8) is 0 Å². The van der Waals surface area contributed by atoms with E-state index in [1.165, 1.54) is 33.3 Å². The minimum Gasteiger partial charge on any atom is -0.388 e. The van der Waals surface area contributed by atoms with Crippen molar-refractivity contribution in [3.8, 4) is 11.3 Å². The number of rotatable bonds is 2. The predicted molar refractivity (Wildman–Crippen MR) is 87.4 cm³/mol. The van der Waals surface area contributed by atoms with Crippen molar-refractivity contribution in [2.75, 3.05) is 12.4 Å². The molecule has 102 valence electrons. The maximum atomic E-state index is 3.22. The molecule has 1 aromatic heterocycles. The Morgan fingerprint density at radius 3 is 2.45 bits per heavy atom. The second-order valence-corrected chi connectivity index (χ2v) is 5.33. The molecule has 2 heteroatoms. The molecule has 0 fully saturated rings. The molecule has 0 amide bonds. The van der Waals surface area contributed by atoms with Gasteiger partial charge in [0, 0.05) is 36.2 Å². The van der Waals surface area contributed by atoms with Crippen LogP contribution >= 0.6 is 0 Å². The van der Waals surface area contributed by atoms with Crippen molar-refractivity contribution >= 4 is 16.6 Å². The Balaban J connectivity index is 2.35. The molecule has 0 aliphatic carbocycles. The molecule has 0 spiro atoms. The molecule has 0 unspecified atom stereocenters. The maximum Gasteiger partial charge on any atom is 0.0521 e. The van der Waals surface area contributed by atoms with E-state index in [1.807, 2.05) is 7.05 Å². The van der Waals surface area contributed by atoms with Gasteiger partial charge in [-0.1, -0.05) is 24.3 Å². The zero-order chi connectivity index (χ0) is 14.3. The van der Waals surface area contributed by atoms with Gasteiger partial charge in [-0.15, -0.1) is 0 Å². The Bertz CT molecular complexity index is 781. The molecule has 0 atom stereocenters. The first-order valence-electron chi connectivity index (χ1n) is 6.96. The third-order valence-corrected chi connectivity index (χ3v) is 4.14. The van der Waals surface area contributed by atoms with Crippen molar-refractivity contribution in [1.82, 2.24) is 4.57 Å². The number of anilines is 1. The fourth-order valence-corrected chi connectivity index (χ4v) is 3.01.